The van der Waals surface area contributed by atoms with Gasteiger partial charge >= 0.3 is 0 Å². The summed E-state index contributed by atoms with van der Waals surface area (Å²) in [6.07, 6.45) is 5.30. The van der Waals surface area contributed by atoms with E-state index in [2.05, 4.69) is 20.6 Å². The first-order valence-corrected chi connectivity index (χ1v) is 7.87. The second kappa shape index (κ2) is 8.01. The van der Waals surface area contributed by atoms with Crippen LogP contribution in [0.3, 0.4) is 0 Å². The predicted octanol–water partition coefficient (Wildman–Crippen LogP) is 3.52. The summed E-state index contributed by atoms with van der Waals surface area (Å²) < 4.78 is 13.5. The maximum atomic E-state index is 13.5. The van der Waals surface area contributed by atoms with Crippen molar-refractivity contribution in [3.05, 3.63) is 84.1 Å². The predicted molar refractivity (Wildman–Crippen MR) is 95.0 cm³/mol. The first-order valence-electron chi connectivity index (χ1n) is 7.87. The maximum Gasteiger partial charge on any atom is 0.258 e. The third kappa shape index (κ3) is 4.60. The summed E-state index contributed by atoms with van der Waals surface area (Å²) in [6.45, 7) is 0.587. The van der Waals surface area contributed by atoms with E-state index in [-0.39, 0.29) is 11.7 Å². The lowest BCUT2D eigenvalue weighted by molar-refractivity contribution is 0.102. The molecule has 1 aromatic carbocycles. The molecule has 2 aromatic heterocycles. The molecule has 0 atom stereocenters. The highest BCUT2D eigenvalue weighted by atomic mass is 19.1. The van der Waals surface area contributed by atoms with Gasteiger partial charge in [-0.25, -0.2) is 9.37 Å². The van der Waals surface area contributed by atoms with Crippen molar-refractivity contribution < 1.29 is 9.18 Å². The zero-order valence-corrected chi connectivity index (χ0v) is 13.4. The smallest absolute Gasteiger partial charge is 0.258 e. The van der Waals surface area contributed by atoms with Crippen molar-refractivity contribution in [2.45, 2.75) is 6.42 Å². The largest absolute Gasteiger partial charge is 0.383 e. The van der Waals surface area contributed by atoms with E-state index in [9.17, 15) is 9.18 Å². The number of amides is 1. The summed E-state index contributed by atoms with van der Waals surface area (Å²) >= 11 is 0. The number of carbonyl (C=O) groups is 1. The molecule has 0 spiro atoms. The average molecular weight is 336 g/mol. The van der Waals surface area contributed by atoms with E-state index in [1.54, 1.807) is 42.7 Å². The standard InChI is InChI=1S/C19H17FN4O/c20-17-6-2-1-4-14(17)9-11-22-16-7-8-18(23-13-16)24-19(25)15-5-3-10-21-12-15/h1-8,10,12-13,22H,9,11H2,(H,23,24,25). The zero-order valence-electron chi connectivity index (χ0n) is 13.4. The molecule has 1 amide bonds. The van der Waals surface area contributed by atoms with Gasteiger partial charge in [0.05, 0.1) is 17.4 Å². The van der Waals surface area contributed by atoms with E-state index < -0.39 is 0 Å². The molecule has 3 aromatic rings. The van der Waals surface area contributed by atoms with Crippen LogP contribution in [0.4, 0.5) is 15.9 Å². The lowest BCUT2D eigenvalue weighted by Gasteiger charge is -2.08. The van der Waals surface area contributed by atoms with Gasteiger partial charge in [-0.3, -0.25) is 9.78 Å². The normalized spacial score (nSPS) is 10.3. The Morgan fingerprint density at radius 1 is 1.04 bits per heavy atom. The Labute approximate surface area is 145 Å². The molecule has 5 nitrogen and oxygen atoms in total. The Kier molecular flexibility index (Phi) is 5.31. The van der Waals surface area contributed by atoms with Crippen molar-refractivity contribution in [2.75, 3.05) is 17.2 Å². The van der Waals surface area contributed by atoms with Gasteiger partial charge in [0, 0.05) is 18.9 Å². The van der Waals surface area contributed by atoms with Crippen LogP contribution >= 0.6 is 0 Å². The molecular weight excluding hydrogens is 319 g/mol. The molecule has 0 bridgehead atoms. The fraction of sp³-hybridized carbons (Fsp3) is 0.105. The van der Waals surface area contributed by atoms with Crippen molar-refractivity contribution >= 4 is 17.4 Å². The fourth-order valence-electron chi connectivity index (χ4n) is 2.30. The molecule has 6 heteroatoms. The molecule has 0 radical (unpaired) electrons. The van der Waals surface area contributed by atoms with E-state index in [0.717, 1.165) is 5.69 Å². The number of rotatable bonds is 6. The second-order valence-electron chi connectivity index (χ2n) is 5.40. The van der Waals surface area contributed by atoms with E-state index in [4.69, 9.17) is 0 Å². The van der Waals surface area contributed by atoms with Gasteiger partial charge < -0.3 is 10.6 Å². The summed E-state index contributed by atoms with van der Waals surface area (Å²) in [7, 11) is 0. The van der Waals surface area contributed by atoms with Crippen molar-refractivity contribution in [2.24, 2.45) is 0 Å². The lowest BCUT2D eigenvalue weighted by Crippen LogP contribution is -2.13. The summed E-state index contributed by atoms with van der Waals surface area (Å²) in [4.78, 5) is 20.1. The van der Waals surface area contributed by atoms with E-state index in [1.165, 1.54) is 12.3 Å². The second-order valence-corrected chi connectivity index (χ2v) is 5.40. The van der Waals surface area contributed by atoms with Crippen LogP contribution in [0.15, 0.2) is 67.1 Å². The maximum absolute atomic E-state index is 13.5. The van der Waals surface area contributed by atoms with Crippen LogP contribution in [0.25, 0.3) is 0 Å². The quantitative estimate of drug-likeness (QED) is 0.723. The molecule has 0 aliphatic heterocycles. The van der Waals surface area contributed by atoms with Crippen molar-refractivity contribution in [1.82, 2.24) is 9.97 Å². The zero-order chi connectivity index (χ0) is 17.5. The molecule has 0 aliphatic carbocycles. The van der Waals surface area contributed by atoms with E-state index >= 15 is 0 Å². The van der Waals surface area contributed by atoms with E-state index in [1.807, 2.05) is 12.1 Å². The number of benzene rings is 1. The Balaban J connectivity index is 1.52. The molecule has 0 fully saturated rings. The average Bonchev–Trinajstić information content (AvgIpc) is 2.65. The minimum atomic E-state index is -0.263. The van der Waals surface area contributed by atoms with Gasteiger partial charge in [0.2, 0.25) is 0 Å². The summed E-state index contributed by atoms with van der Waals surface area (Å²) in [5.74, 6) is -0.00902. The van der Waals surface area contributed by atoms with Crippen LogP contribution in [-0.2, 0) is 6.42 Å². The Bertz CT molecular complexity index is 838. The number of hydrogen-bond donors (Lipinski definition) is 2. The molecule has 25 heavy (non-hydrogen) atoms. The van der Waals surface area contributed by atoms with Crippen LogP contribution in [0.2, 0.25) is 0 Å². The summed E-state index contributed by atoms with van der Waals surface area (Å²) in [6, 6.07) is 13.6. The SMILES string of the molecule is O=C(Nc1ccc(NCCc2ccccc2F)cn1)c1cccnc1. The summed E-state index contributed by atoms with van der Waals surface area (Å²) in [5, 5.41) is 5.89. The van der Waals surface area contributed by atoms with Crippen LogP contribution in [0.5, 0.6) is 0 Å². The number of hydrogen-bond acceptors (Lipinski definition) is 4. The van der Waals surface area contributed by atoms with Crippen molar-refractivity contribution in [3.63, 3.8) is 0 Å². The van der Waals surface area contributed by atoms with Crippen LogP contribution in [-0.4, -0.2) is 22.4 Å². The minimum Gasteiger partial charge on any atom is -0.383 e. The van der Waals surface area contributed by atoms with Gasteiger partial charge in [-0.15, -0.1) is 0 Å². The van der Waals surface area contributed by atoms with Gasteiger partial charge in [0.15, 0.2) is 0 Å². The number of nitrogens with zero attached hydrogens (tertiary/aromatic N) is 2. The van der Waals surface area contributed by atoms with Gasteiger partial charge in [-0.2, -0.15) is 0 Å². The number of pyridine rings is 2. The molecule has 3 rings (SSSR count). The lowest BCUT2D eigenvalue weighted by atomic mass is 10.1. The number of carbonyl (C=O) groups excluding carboxylic acids is 1. The third-order valence-corrected chi connectivity index (χ3v) is 3.61. The van der Waals surface area contributed by atoms with Crippen LogP contribution in [0.1, 0.15) is 15.9 Å². The van der Waals surface area contributed by atoms with Crippen LogP contribution in [0, 0.1) is 5.82 Å². The molecule has 126 valence electrons. The minimum absolute atomic E-state index is 0.198. The monoisotopic (exact) mass is 336 g/mol. The molecule has 2 heterocycles. The van der Waals surface area contributed by atoms with Gasteiger partial charge in [-0.05, 0) is 42.3 Å². The number of anilines is 2. The highest BCUT2D eigenvalue weighted by Gasteiger charge is 2.06. The Morgan fingerprint density at radius 3 is 2.64 bits per heavy atom. The topological polar surface area (TPSA) is 66.9 Å². The fourth-order valence-corrected chi connectivity index (χ4v) is 2.30. The first kappa shape index (κ1) is 16.6. The molecule has 0 saturated carbocycles. The highest BCUT2D eigenvalue weighted by Crippen LogP contribution is 2.12. The number of nitrogens with one attached hydrogen (secondary N) is 2. The number of aromatic nitrogens is 2. The van der Waals surface area contributed by atoms with E-state index in [0.29, 0.717) is 29.9 Å². The first-order chi connectivity index (χ1) is 12.2. The van der Waals surface area contributed by atoms with Gasteiger partial charge in [-0.1, -0.05) is 18.2 Å². The molecule has 0 aliphatic rings. The van der Waals surface area contributed by atoms with Gasteiger partial charge in [0.25, 0.3) is 5.91 Å². The molecule has 2 N–H and O–H groups in total. The summed E-state index contributed by atoms with van der Waals surface area (Å²) in [5.41, 5.74) is 1.94. The molecular formula is C19H17FN4O. The Hall–Kier alpha value is -3.28. The third-order valence-electron chi connectivity index (χ3n) is 3.61. The highest BCUT2D eigenvalue weighted by molar-refractivity contribution is 6.03. The molecule has 0 saturated heterocycles. The Morgan fingerprint density at radius 2 is 1.92 bits per heavy atom. The van der Waals surface area contributed by atoms with Gasteiger partial charge in [0.1, 0.15) is 11.6 Å². The number of halogens is 1. The van der Waals surface area contributed by atoms with Crippen molar-refractivity contribution in [3.8, 4) is 0 Å². The van der Waals surface area contributed by atoms with Crippen LogP contribution < -0.4 is 10.6 Å². The molecule has 0 unspecified atom stereocenters. The van der Waals surface area contributed by atoms with Crippen molar-refractivity contribution in [1.29, 1.82) is 0 Å².